The third kappa shape index (κ3) is 5.49. The molecule has 0 spiro atoms. The molecule has 3 nitrogen and oxygen atoms in total. The minimum absolute atomic E-state index is 0. The second kappa shape index (κ2) is 8.33. The minimum atomic E-state index is 0. The molecule has 4 N–H and O–H groups in total. The van der Waals surface area contributed by atoms with Crippen molar-refractivity contribution in [3.05, 3.63) is 0 Å². The predicted octanol–water partition coefficient (Wildman–Crippen LogP) is 0.0402. The van der Waals surface area contributed by atoms with Crippen LogP contribution in [0.2, 0.25) is 0 Å². The van der Waals surface area contributed by atoms with Crippen LogP contribution in [0.3, 0.4) is 0 Å². The van der Waals surface area contributed by atoms with Gasteiger partial charge in [0.1, 0.15) is 0 Å². The van der Waals surface area contributed by atoms with Gasteiger partial charge < -0.3 is 15.9 Å². The summed E-state index contributed by atoms with van der Waals surface area (Å²) in [5, 5.41) is 0.917. The average molecular weight is 183 g/mol. The number of rotatable bonds is 1. The van der Waals surface area contributed by atoms with E-state index in [1.54, 1.807) is 0 Å². The average Bonchev–Trinajstić information content (AvgIpc) is 2.14. The summed E-state index contributed by atoms with van der Waals surface area (Å²) < 4.78 is 0. The minimum Gasteiger partial charge on any atom is -0.412 e. The maximum Gasteiger partial charge on any atom is 0.0184 e. The molecule has 1 fully saturated rings. The fourth-order valence-electron chi connectivity index (χ4n) is 1.09. The number of thioether (sulfide) groups is 1. The van der Waals surface area contributed by atoms with Gasteiger partial charge in [-0.3, -0.25) is 0 Å². The Morgan fingerprint density at radius 1 is 1.36 bits per heavy atom. The van der Waals surface area contributed by atoms with Crippen LogP contribution in [-0.2, 0) is 0 Å². The van der Waals surface area contributed by atoms with Crippen molar-refractivity contribution in [1.82, 2.24) is 4.90 Å². The van der Waals surface area contributed by atoms with E-state index in [1.165, 1.54) is 19.5 Å². The van der Waals surface area contributed by atoms with Gasteiger partial charge in [-0.1, -0.05) is 7.43 Å². The molecule has 1 rings (SSSR count). The molecule has 72 valence electrons. The Labute approximate surface area is 73.8 Å². The molecule has 0 aromatic carbocycles. The molecule has 0 bridgehead atoms. The van der Waals surface area contributed by atoms with Gasteiger partial charge in [0.25, 0.3) is 0 Å². The van der Waals surface area contributed by atoms with Crippen molar-refractivity contribution < 1.29 is 11.0 Å². The maximum absolute atomic E-state index is 2.39. The molecule has 0 unspecified atom stereocenters. The molecular formula is C7H21NO2S. The van der Waals surface area contributed by atoms with Crippen LogP contribution in [0.15, 0.2) is 0 Å². The molecule has 1 saturated heterocycles. The van der Waals surface area contributed by atoms with Crippen molar-refractivity contribution in [2.75, 3.05) is 26.4 Å². The standard InChI is InChI=1S/C6H13NS.CH4.2H2O/c1-7-4-3-6(5-7)8-2;;;/h6H,3-5H2,1-2H3;1H4;2*1H2/t6-;;;/m0.../s1. The number of likely N-dealkylation sites (tertiary alicyclic amines) is 1. The zero-order valence-electron chi connectivity index (χ0n) is 6.55. The van der Waals surface area contributed by atoms with E-state index < -0.39 is 0 Å². The first-order chi connectivity index (χ1) is 3.83. The van der Waals surface area contributed by atoms with E-state index in [9.17, 15) is 0 Å². The van der Waals surface area contributed by atoms with E-state index in [-0.39, 0.29) is 18.4 Å². The maximum atomic E-state index is 2.39. The Hall–Kier alpha value is 0.230. The zero-order chi connectivity index (χ0) is 5.98. The normalized spacial score (nSPS) is 22.9. The van der Waals surface area contributed by atoms with Crippen molar-refractivity contribution in [2.24, 2.45) is 0 Å². The molecule has 0 aliphatic carbocycles. The van der Waals surface area contributed by atoms with Crippen LogP contribution in [-0.4, -0.2) is 47.5 Å². The van der Waals surface area contributed by atoms with Gasteiger partial charge in [-0.15, -0.1) is 0 Å². The van der Waals surface area contributed by atoms with Crippen molar-refractivity contribution >= 4 is 11.8 Å². The third-order valence-electron chi connectivity index (χ3n) is 1.68. The van der Waals surface area contributed by atoms with Gasteiger partial charge in [0.2, 0.25) is 0 Å². The van der Waals surface area contributed by atoms with Crippen molar-refractivity contribution in [3.8, 4) is 0 Å². The molecule has 1 aliphatic rings. The number of hydrogen-bond acceptors (Lipinski definition) is 2. The number of hydrogen-bond donors (Lipinski definition) is 0. The first kappa shape index (κ1) is 17.4. The molecular weight excluding hydrogens is 162 g/mol. The third-order valence-corrected chi connectivity index (χ3v) is 2.73. The van der Waals surface area contributed by atoms with Crippen LogP contribution in [0.5, 0.6) is 0 Å². The molecule has 0 saturated carbocycles. The van der Waals surface area contributed by atoms with Gasteiger partial charge in [0.05, 0.1) is 0 Å². The first-order valence-electron chi connectivity index (χ1n) is 3.04. The fourth-order valence-corrected chi connectivity index (χ4v) is 1.83. The molecule has 0 aromatic heterocycles. The van der Waals surface area contributed by atoms with Gasteiger partial charge in [0, 0.05) is 11.8 Å². The van der Waals surface area contributed by atoms with Gasteiger partial charge >= 0.3 is 0 Å². The fraction of sp³-hybridized carbons (Fsp3) is 1.00. The Balaban J connectivity index is -0.000000213. The lowest BCUT2D eigenvalue weighted by molar-refractivity contribution is 0.419. The summed E-state index contributed by atoms with van der Waals surface area (Å²) in [6.45, 7) is 2.59. The highest BCUT2D eigenvalue weighted by Gasteiger charge is 2.17. The summed E-state index contributed by atoms with van der Waals surface area (Å²) in [6, 6.07) is 0. The van der Waals surface area contributed by atoms with Gasteiger partial charge in [-0.05, 0) is 26.3 Å². The lowest BCUT2D eigenvalue weighted by atomic mass is 10.4. The zero-order valence-corrected chi connectivity index (χ0v) is 7.37. The lowest BCUT2D eigenvalue weighted by Crippen LogP contribution is -2.14. The number of nitrogens with zero attached hydrogens (tertiary/aromatic N) is 1. The largest absolute Gasteiger partial charge is 0.412 e. The van der Waals surface area contributed by atoms with Crippen molar-refractivity contribution in [1.29, 1.82) is 0 Å². The van der Waals surface area contributed by atoms with Crippen LogP contribution in [0, 0.1) is 0 Å². The van der Waals surface area contributed by atoms with Gasteiger partial charge in [-0.25, -0.2) is 0 Å². The summed E-state index contributed by atoms with van der Waals surface area (Å²) in [5.41, 5.74) is 0. The van der Waals surface area contributed by atoms with Gasteiger partial charge in [-0.2, -0.15) is 11.8 Å². The topological polar surface area (TPSA) is 66.2 Å². The quantitative estimate of drug-likeness (QED) is 0.576. The Bertz CT molecular complexity index is 82.8. The van der Waals surface area contributed by atoms with Crippen LogP contribution in [0.4, 0.5) is 0 Å². The van der Waals surface area contributed by atoms with Crippen LogP contribution in [0.25, 0.3) is 0 Å². The summed E-state index contributed by atoms with van der Waals surface area (Å²) >= 11 is 1.99. The molecule has 0 aromatic rings. The smallest absolute Gasteiger partial charge is 0.0184 e. The highest BCUT2D eigenvalue weighted by molar-refractivity contribution is 7.99. The van der Waals surface area contributed by atoms with E-state index in [0.29, 0.717) is 0 Å². The van der Waals surface area contributed by atoms with E-state index in [0.717, 1.165) is 5.25 Å². The molecule has 4 heteroatoms. The monoisotopic (exact) mass is 183 g/mol. The van der Waals surface area contributed by atoms with Crippen molar-refractivity contribution in [3.63, 3.8) is 0 Å². The summed E-state index contributed by atoms with van der Waals surface area (Å²) in [5.74, 6) is 0. The summed E-state index contributed by atoms with van der Waals surface area (Å²) in [6.07, 6.45) is 3.58. The van der Waals surface area contributed by atoms with Crippen LogP contribution in [0.1, 0.15) is 13.8 Å². The Kier molecular flexibility index (Phi) is 13.1. The predicted molar refractivity (Wildman–Crippen MR) is 53.4 cm³/mol. The molecule has 0 radical (unpaired) electrons. The van der Waals surface area contributed by atoms with Crippen LogP contribution >= 0.6 is 11.8 Å². The molecule has 11 heavy (non-hydrogen) atoms. The van der Waals surface area contributed by atoms with Crippen molar-refractivity contribution in [2.45, 2.75) is 19.1 Å². The molecule has 1 aliphatic heterocycles. The summed E-state index contributed by atoms with van der Waals surface area (Å²) in [4.78, 5) is 2.39. The lowest BCUT2D eigenvalue weighted by Gasteiger charge is -2.05. The second-order valence-electron chi connectivity index (χ2n) is 2.41. The first-order valence-corrected chi connectivity index (χ1v) is 4.33. The highest BCUT2D eigenvalue weighted by atomic mass is 32.2. The SMILES string of the molecule is C.CS[C@H]1CCN(C)C1.O.O. The molecule has 1 atom stereocenters. The Morgan fingerprint density at radius 3 is 2.09 bits per heavy atom. The second-order valence-corrected chi connectivity index (χ2v) is 3.55. The highest BCUT2D eigenvalue weighted by Crippen LogP contribution is 2.17. The van der Waals surface area contributed by atoms with E-state index >= 15 is 0 Å². The Morgan fingerprint density at radius 2 is 1.91 bits per heavy atom. The van der Waals surface area contributed by atoms with Gasteiger partial charge in [0.15, 0.2) is 0 Å². The molecule has 0 amide bonds. The van der Waals surface area contributed by atoms with E-state index in [1.807, 2.05) is 11.8 Å². The summed E-state index contributed by atoms with van der Waals surface area (Å²) in [7, 11) is 2.19. The van der Waals surface area contributed by atoms with E-state index in [2.05, 4.69) is 18.2 Å². The van der Waals surface area contributed by atoms with Crippen LogP contribution < -0.4 is 0 Å². The van der Waals surface area contributed by atoms with E-state index in [4.69, 9.17) is 0 Å². The molecule has 1 heterocycles.